The van der Waals surface area contributed by atoms with E-state index >= 15 is 0 Å². The van der Waals surface area contributed by atoms with Crippen LogP contribution in [0.2, 0.25) is 0 Å². The monoisotopic (exact) mass is 235 g/mol. The molecule has 17 heavy (non-hydrogen) atoms. The van der Waals surface area contributed by atoms with E-state index in [1.807, 2.05) is 6.07 Å². The first-order valence-corrected chi connectivity index (χ1v) is 6.79. The summed E-state index contributed by atoms with van der Waals surface area (Å²) in [5.74, 6) is 1.86. The third-order valence-electron chi connectivity index (χ3n) is 3.93. The molecule has 1 aliphatic heterocycles. The SMILES string of the molecule is CCC(NC1CCOC1C1CC1)c1ccco1. The molecular formula is C14H21NO2. The van der Waals surface area contributed by atoms with Crippen LogP contribution in [0.5, 0.6) is 0 Å². The van der Waals surface area contributed by atoms with Gasteiger partial charge in [-0.2, -0.15) is 0 Å². The molecule has 1 aromatic heterocycles. The molecule has 0 aromatic carbocycles. The van der Waals surface area contributed by atoms with E-state index in [1.54, 1.807) is 6.26 Å². The summed E-state index contributed by atoms with van der Waals surface area (Å²) in [6, 6.07) is 4.86. The zero-order chi connectivity index (χ0) is 11.7. The highest BCUT2D eigenvalue weighted by molar-refractivity contribution is 5.06. The zero-order valence-corrected chi connectivity index (χ0v) is 10.4. The normalized spacial score (nSPS) is 30.6. The smallest absolute Gasteiger partial charge is 0.120 e. The molecule has 3 unspecified atom stereocenters. The van der Waals surface area contributed by atoms with Crippen molar-refractivity contribution in [3.05, 3.63) is 24.2 Å². The van der Waals surface area contributed by atoms with Gasteiger partial charge in [0.2, 0.25) is 0 Å². The number of ether oxygens (including phenoxy) is 1. The predicted octanol–water partition coefficient (Wildman–Crippen LogP) is 2.89. The van der Waals surface area contributed by atoms with Gasteiger partial charge in [-0.3, -0.25) is 0 Å². The number of hydrogen-bond donors (Lipinski definition) is 1. The van der Waals surface area contributed by atoms with Crippen LogP contribution in [0.15, 0.2) is 22.8 Å². The Morgan fingerprint density at radius 2 is 2.29 bits per heavy atom. The van der Waals surface area contributed by atoms with Crippen LogP contribution in [0.4, 0.5) is 0 Å². The topological polar surface area (TPSA) is 34.4 Å². The van der Waals surface area contributed by atoms with Crippen LogP contribution in [0.25, 0.3) is 0 Å². The van der Waals surface area contributed by atoms with Gasteiger partial charge in [0.25, 0.3) is 0 Å². The fraction of sp³-hybridized carbons (Fsp3) is 0.714. The van der Waals surface area contributed by atoms with Gasteiger partial charge in [-0.05, 0) is 43.7 Å². The van der Waals surface area contributed by atoms with Gasteiger partial charge in [-0.15, -0.1) is 0 Å². The van der Waals surface area contributed by atoms with Crippen LogP contribution < -0.4 is 5.32 Å². The summed E-state index contributed by atoms with van der Waals surface area (Å²) in [5.41, 5.74) is 0. The van der Waals surface area contributed by atoms with Gasteiger partial charge in [-0.25, -0.2) is 0 Å². The maximum Gasteiger partial charge on any atom is 0.120 e. The van der Waals surface area contributed by atoms with Crippen molar-refractivity contribution in [1.82, 2.24) is 5.32 Å². The van der Waals surface area contributed by atoms with Crippen molar-refractivity contribution in [3.8, 4) is 0 Å². The molecule has 3 rings (SSSR count). The van der Waals surface area contributed by atoms with Crippen molar-refractivity contribution >= 4 is 0 Å². The average molecular weight is 235 g/mol. The quantitative estimate of drug-likeness (QED) is 0.852. The lowest BCUT2D eigenvalue weighted by Crippen LogP contribution is -2.39. The Morgan fingerprint density at radius 3 is 2.94 bits per heavy atom. The second kappa shape index (κ2) is 4.83. The van der Waals surface area contributed by atoms with Crippen molar-refractivity contribution in [1.29, 1.82) is 0 Å². The molecule has 94 valence electrons. The van der Waals surface area contributed by atoms with E-state index < -0.39 is 0 Å². The third-order valence-corrected chi connectivity index (χ3v) is 3.93. The number of nitrogens with one attached hydrogen (secondary N) is 1. The molecule has 3 nitrogen and oxygen atoms in total. The maximum absolute atomic E-state index is 5.86. The van der Waals surface area contributed by atoms with Gasteiger partial charge in [0.1, 0.15) is 5.76 Å². The molecule has 2 aliphatic rings. The van der Waals surface area contributed by atoms with Crippen LogP contribution in [-0.2, 0) is 4.74 Å². The summed E-state index contributed by atoms with van der Waals surface area (Å²) in [6.45, 7) is 3.11. The molecule has 3 heteroatoms. The van der Waals surface area contributed by atoms with E-state index in [4.69, 9.17) is 9.15 Å². The van der Waals surface area contributed by atoms with Crippen molar-refractivity contribution < 1.29 is 9.15 Å². The minimum atomic E-state index is 0.331. The Kier molecular flexibility index (Phi) is 3.21. The van der Waals surface area contributed by atoms with E-state index in [-0.39, 0.29) is 0 Å². The highest BCUT2D eigenvalue weighted by Crippen LogP contribution is 2.39. The lowest BCUT2D eigenvalue weighted by Gasteiger charge is -2.24. The molecular weight excluding hydrogens is 214 g/mol. The second-order valence-electron chi connectivity index (χ2n) is 5.21. The van der Waals surface area contributed by atoms with Gasteiger partial charge in [0, 0.05) is 12.6 Å². The summed E-state index contributed by atoms with van der Waals surface area (Å²) in [7, 11) is 0. The first kappa shape index (κ1) is 11.3. The van der Waals surface area contributed by atoms with Gasteiger partial charge in [0.15, 0.2) is 0 Å². The molecule has 0 bridgehead atoms. The third kappa shape index (κ3) is 2.40. The van der Waals surface area contributed by atoms with Crippen molar-refractivity contribution in [2.45, 2.75) is 50.8 Å². The molecule has 0 amide bonds. The second-order valence-corrected chi connectivity index (χ2v) is 5.21. The molecule has 3 atom stereocenters. The molecule has 1 aromatic rings. The average Bonchev–Trinajstić information content (AvgIpc) is 2.88. The van der Waals surface area contributed by atoms with Crippen LogP contribution in [0.1, 0.15) is 44.4 Å². The van der Waals surface area contributed by atoms with Crippen molar-refractivity contribution in [3.63, 3.8) is 0 Å². The lowest BCUT2D eigenvalue weighted by molar-refractivity contribution is 0.0780. The first-order valence-electron chi connectivity index (χ1n) is 6.79. The Labute approximate surface area is 103 Å². The standard InChI is InChI=1S/C14H21NO2/c1-2-11(13-4-3-8-16-13)15-12-7-9-17-14(12)10-5-6-10/h3-4,8,10-12,14-15H,2,5-7,9H2,1H3. The van der Waals surface area contributed by atoms with Crippen LogP contribution in [0.3, 0.4) is 0 Å². The Balaban J connectivity index is 1.64. The molecule has 1 aliphatic carbocycles. The van der Waals surface area contributed by atoms with Crippen LogP contribution >= 0.6 is 0 Å². The van der Waals surface area contributed by atoms with E-state index in [2.05, 4.69) is 18.3 Å². The summed E-state index contributed by atoms with van der Waals surface area (Å²) in [4.78, 5) is 0. The maximum atomic E-state index is 5.86. The highest BCUT2D eigenvalue weighted by Gasteiger charge is 2.41. The van der Waals surface area contributed by atoms with Crippen LogP contribution in [0, 0.1) is 5.92 Å². The van der Waals surface area contributed by atoms with E-state index in [0.717, 1.165) is 31.1 Å². The lowest BCUT2D eigenvalue weighted by atomic mass is 10.0. The number of furan rings is 1. The van der Waals surface area contributed by atoms with Gasteiger partial charge < -0.3 is 14.5 Å². The Bertz CT molecular complexity index is 345. The Hall–Kier alpha value is -0.800. The molecule has 2 fully saturated rings. The number of rotatable bonds is 5. The minimum absolute atomic E-state index is 0.331. The number of hydrogen-bond acceptors (Lipinski definition) is 3. The summed E-state index contributed by atoms with van der Waals surface area (Å²) in [6.07, 6.45) is 7.09. The van der Waals surface area contributed by atoms with Crippen molar-refractivity contribution in [2.75, 3.05) is 6.61 Å². The molecule has 1 saturated carbocycles. The van der Waals surface area contributed by atoms with Gasteiger partial charge >= 0.3 is 0 Å². The fourth-order valence-electron chi connectivity index (χ4n) is 2.83. The van der Waals surface area contributed by atoms with E-state index in [9.17, 15) is 0 Å². The zero-order valence-electron chi connectivity index (χ0n) is 10.4. The predicted molar refractivity (Wildman–Crippen MR) is 65.7 cm³/mol. The minimum Gasteiger partial charge on any atom is -0.468 e. The largest absolute Gasteiger partial charge is 0.468 e. The molecule has 1 saturated heterocycles. The highest BCUT2D eigenvalue weighted by atomic mass is 16.5. The Morgan fingerprint density at radius 1 is 1.41 bits per heavy atom. The molecule has 0 spiro atoms. The summed E-state index contributed by atoms with van der Waals surface area (Å²) in [5, 5.41) is 3.72. The first-order chi connectivity index (χ1) is 8.38. The molecule has 2 heterocycles. The molecule has 0 radical (unpaired) electrons. The van der Waals surface area contributed by atoms with Crippen LogP contribution in [-0.4, -0.2) is 18.8 Å². The fourth-order valence-corrected chi connectivity index (χ4v) is 2.83. The van der Waals surface area contributed by atoms with Gasteiger partial charge in [0.05, 0.1) is 18.4 Å². The van der Waals surface area contributed by atoms with Crippen molar-refractivity contribution in [2.24, 2.45) is 5.92 Å². The summed E-state index contributed by atoms with van der Waals surface area (Å²) < 4.78 is 11.4. The van der Waals surface area contributed by atoms with Gasteiger partial charge in [-0.1, -0.05) is 6.92 Å². The molecule has 1 N–H and O–H groups in total. The van der Waals surface area contributed by atoms with E-state index in [1.165, 1.54) is 12.8 Å². The van der Waals surface area contributed by atoms with E-state index in [0.29, 0.717) is 18.2 Å². The summed E-state index contributed by atoms with van der Waals surface area (Å²) >= 11 is 0.